The minimum atomic E-state index is -0.682. The van der Waals surface area contributed by atoms with Crippen molar-refractivity contribution >= 4 is 12.0 Å². The monoisotopic (exact) mass is 361 g/mol. The van der Waals surface area contributed by atoms with Gasteiger partial charge >= 0.3 is 0 Å². The maximum atomic E-state index is 13.6. The number of carbonyl (C=O) groups is 1. The van der Waals surface area contributed by atoms with Gasteiger partial charge in [-0.3, -0.25) is 9.69 Å². The first-order valence-corrected chi connectivity index (χ1v) is 8.51. The molecular formula is C19H21F2N3O2. The van der Waals surface area contributed by atoms with Crippen LogP contribution in [-0.2, 0) is 11.3 Å². The molecule has 0 bridgehead atoms. The number of rotatable bonds is 4. The standard InChI is InChI=1S/C19H21F2N3O2/c1-13-16(14(2)26-22-13)12-23-8-10-24(11-9-23)19(25)7-6-15-17(20)4-3-5-18(15)21/h3-7H,8-12H2,1-2H3/b7-6-. The molecule has 2 aromatic rings. The van der Waals surface area contributed by atoms with Gasteiger partial charge in [-0.25, -0.2) is 8.78 Å². The van der Waals surface area contributed by atoms with Crippen LogP contribution < -0.4 is 0 Å². The predicted octanol–water partition coefficient (Wildman–Crippen LogP) is 2.93. The van der Waals surface area contributed by atoms with Gasteiger partial charge in [-0.1, -0.05) is 11.2 Å². The smallest absolute Gasteiger partial charge is 0.246 e. The molecule has 2 heterocycles. The lowest BCUT2D eigenvalue weighted by Gasteiger charge is -2.34. The fraction of sp³-hybridized carbons (Fsp3) is 0.368. The third kappa shape index (κ3) is 3.99. The Labute approximate surface area is 150 Å². The second-order valence-corrected chi connectivity index (χ2v) is 6.37. The average Bonchev–Trinajstić information content (AvgIpc) is 2.94. The van der Waals surface area contributed by atoms with E-state index in [0.29, 0.717) is 13.1 Å². The van der Waals surface area contributed by atoms with E-state index in [2.05, 4.69) is 10.1 Å². The number of hydrogen-bond acceptors (Lipinski definition) is 4. The fourth-order valence-electron chi connectivity index (χ4n) is 3.01. The molecule has 0 saturated carbocycles. The molecule has 1 saturated heterocycles. The molecule has 138 valence electrons. The second-order valence-electron chi connectivity index (χ2n) is 6.37. The number of carbonyl (C=O) groups excluding carboxylic acids is 1. The third-order valence-corrected chi connectivity index (χ3v) is 4.64. The van der Waals surface area contributed by atoms with Crippen LogP contribution in [0.5, 0.6) is 0 Å². The zero-order valence-corrected chi connectivity index (χ0v) is 14.8. The molecular weight excluding hydrogens is 340 g/mol. The van der Waals surface area contributed by atoms with E-state index in [9.17, 15) is 13.6 Å². The van der Waals surface area contributed by atoms with Gasteiger partial charge in [0, 0.05) is 49.9 Å². The van der Waals surface area contributed by atoms with Crippen molar-refractivity contribution in [2.75, 3.05) is 26.2 Å². The zero-order valence-electron chi connectivity index (χ0n) is 14.8. The van der Waals surface area contributed by atoms with Gasteiger partial charge in [0.2, 0.25) is 5.91 Å². The Morgan fingerprint density at radius 1 is 1.19 bits per heavy atom. The van der Waals surface area contributed by atoms with Crippen LogP contribution in [0, 0.1) is 25.5 Å². The molecule has 3 rings (SSSR count). The number of aryl methyl sites for hydroxylation is 2. The Kier molecular flexibility index (Phi) is 5.46. The first kappa shape index (κ1) is 18.3. The van der Waals surface area contributed by atoms with Crippen LogP contribution in [-0.4, -0.2) is 47.0 Å². The maximum absolute atomic E-state index is 13.6. The molecule has 0 atom stereocenters. The highest BCUT2D eigenvalue weighted by atomic mass is 19.1. The largest absolute Gasteiger partial charge is 0.361 e. The summed E-state index contributed by atoms with van der Waals surface area (Å²) in [6, 6.07) is 3.63. The van der Waals surface area contributed by atoms with E-state index < -0.39 is 11.6 Å². The molecule has 26 heavy (non-hydrogen) atoms. The van der Waals surface area contributed by atoms with Crippen LogP contribution in [0.1, 0.15) is 22.6 Å². The van der Waals surface area contributed by atoms with Crippen molar-refractivity contribution < 1.29 is 18.1 Å². The molecule has 0 unspecified atom stereocenters. The van der Waals surface area contributed by atoms with Crippen LogP contribution in [0.4, 0.5) is 8.78 Å². The molecule has 0 spiro atoms. The summed E-state index contributed by atoms with van der Waals surface area (Å²) in [6.45, 7) is 7.10. The van der Waals surface area contributed by atoms with Crippen molar-refractivity contribution in [3.05, 3.63) is 58.5 Å². The molecule has 1 aliphatic heterocycles. The SMILES string of the molecule is Cc1noc(C)c1CN1CCN(C(=O)/C=C\c2c(F)cccc2F)CC1. The highest BCUT2D eigenvalue weighted by Gasteiger charge is 2.22. The fourth-order valence-corrected chi connectivity index (χ4v) is 3.01. The number of halogens is 2. The van der Waals surface area contributed by atoms with Gasteiger partial charge in [-0.05, 0) is 32.1 Å². The number of benzene rings is 1. The molecule has 1 aromatic carbocycles. The van der Waals surface area contributed by atoms with E-state index >= 15 is 0 Å². The van der Waals surface area contributed by atoms with E-state index in [-0.39, 0.29) is 11.5 Å². The zero-order chi connectivity index (χ0) is 18.7. The summed E-state index contributed by atoms with van der Waals surface area (Å²) in [4.78, 5) is 16.2. The van der Waals surface area contributed by atoms with Crippen molar-refractivity contribution in [2.45, 2.75) is 20.4 Å². The van der Waals surface area contributed by atoms with Crippen molar-refractivity contribution in [1.29, 1.82) is 0 Å². The van der Waals surface area contributed by atoms with E-state index in [0.717, 1.165) is 36.7 Å². The number of amides is 1. The van der Waals surface area contributed by atoms with Crippen LogP contribution in [0.25, 0.3) is 6.08 Å². The first-order chi connectivity index (χ1) is 12.5. The third-order valence-electron chi connectivity index (χ3n) is 4.64. The Morgan fingerprint density at radius 3 is 2.42 bits per heavy atom. The van der Waals surface area contributed by atoms with E-state index in [4.69, 9.17) is 4.52 Å². The van der Waals surface area contributed by atoms with Crippen molar-refractivity contribution in [1.82, 2.24) is 15.0 Å². The summed E-state index contributed by atoms with van der Waals surface area (Å²) in [6.07, 6.45) is 2.43. The topological polar surface area (TPSA) is 49.6 Å². The van der Waals surface area contributed by atoms with Crippen molar-refractivity contribution in [2.24, 2.45) is 0 Å². The molecule has 1 aromatic heterocycles. The molecule has 1 fully saturated rings. The summed E-state index contributed by atoms with van der Waals surface area (Å²) in [5.41, 5.74) is 1.77. The summed E-state index contributed by atoms with van der Waals surface area (Å²) >= 11 is 0. The van der Waals surface area contributed by atoms with Gasteiger partial charge < -0.3 is 9.42 Å². The Bertz CT molecular complexity index is 784. The minimum absolute atomic E-state index is 0.196. The van der Waals surface area contributed by atoms with E-state index in [1.54, 1.807) is 4.90 Å². The summed E-state index contributed by atoms with van der Waals surface area (Å²) < 4.78 is 32.4. The summed E-state index contributed by atoms with van der Waals surface area (Å²) in [5, 5.41) is 3.96. The van der Waals surface area contributed by atoms with Gasteiger partial charge in [-0.2, -0.15) is 0 Å². The molecule has 5 nitrogen and oxygen atoms in total. The van der Waals surface area contributed by atoms with Gasteiger partial charge in [0.25, 0.3) is 0 Å². The second kappa shape index (κ2) is 7.78. The molecule has 1 amide bonds. The summed E-state index contributed by atoms with van der Waals surface area (Å²) in [7, 11) is 0. The van der Waals surface area contributed by atoms with Crippen LogP contribution in [0.15, 0.2) is 28.8 Å². The molecule has 0 N–H and O–H groups in total. The maximum Gasteiger partial charge on any atom is 0.246 e. The molecule has 0 radical (unpaired) electrons. The molecule has 0 aliphatic carbocycles. The number of piperazine rings is 1. The number of aromatic nitrogens is 1. The van der Waals surface area contributed by atoms with E-state index in [1.165, 1.54) is 30.4 Å². The lowest BCUT2D eigenvalue weighted by atomic mass is 10.1. The lowest BCUT2D eigenvalue weighted by molar-refractivity contribution is -0.127. The minimum Gasteiger partial charge on any atom is -0.361 e. The molecule has 7 heteroatoms. The normalized spacial score (nSPS) is 15.8. The summed E-state index contributed by atoms with van der Waals surface area (Å²) in [5.74, 6) is -0.794. The van der Waals surface area contributed by atoms with Crippen LogP contribution in [0.2, 0.25) is 0 Å². The van der Waals surface area contributed by atoms with Gasteiger partial charge in [0.05, 0.1) is 5.69 Å². The van der Waals surface area contributed by atoms with Crippen molar-refractivity contribution in [3.8, 4) is 0 Å². The Balaban J connectivity index is 1.56. The Morgan fingerprint density at radius 2 is 1.85 bits per heavy atom. The lowest BCUT2D eigenvalue weighted by Crippen LogP contribution is -2.47. The molecule has 1 aliphatic rings. The Hall–Kier alpha value is -2.54. The van der Waals surface area contributed by atoms with Gasteiger partial charge in [-0.15, -0.1) is 0 Å². The average molecular weight is 361 g/mol. The highest BCUT2D eigenvalue weighted by molar-refractivity contribution is 5.91. The number of nitrogens with zero attached hydrogens (tertiary/aromatic N) is 3. The number of hydrogen-bond donors (Lipinski definition) is 0. The van der Waals surface area contributed by atoms with Gasteiger partial charge in [0.15, 0.2) is 0 Å². The highest BCUT2D eigenvalue weighted by Crippen LogP contribution is 2.17. The van der Waals surface area contributed by atoms with Crippen molar-refractivity contribution in [3.63, 3.8) is 0 Å². The predicted molar refractivity (Wildman–Crippen MR) is 93.2 cm³/mol. The van der Waals surface area contributed by atoms with Crippen LogP contribution in [0.3, 0.4) is 0 Å². The van der Waals surface area contributed by atoms with E-state index in [1.807, 2.05) is 13.8 Å². The quantitative estimate of drug-likeness (QED) is 0.786. The van der Waals surface area contributed by atoms with Crippen LogP contribution >= 0.6 is 0 Å². The van der Waals surface area contributed by atoms with Gasteiger partial charge in [0.1, 0.15) is 17.4 Å². The first-order valence-electron chi connectivity index (χ1n) is 8.51.